The standard InChI is InChI=1S/C29H35N3O6S2/c1-6-38-27-13-8-7-12-26(27)32(40(35,36)25-16-14-24(39-5)15-17-25)20-28(33)31(21(2)29(34)30-3)19-22-10-9-11-23(18-22)37-4/h7-18,21H,6,19-20H2,1-5H3,(H,30,34)/t21-/m0/s1. The highest BCUT2D eigenvalue weighted by atomic mass is 32.2. The average Bonchev–Trinajstić information content (AvgIpc) is 2.98. The number of rotatable bonds is 13. The van der Waals surface area contributed by atoms with Crippen LogP contribution in [-0.4, -0.2) is 64.7 Å². The molecule has 0 bridgehead atoms. The first kappa shape index (κ1) is 30.8. The molecule has 3 aromatic rings. The molecule has 0 fully saturated rings. The first-order chi connectivity index (χ1) is 19.2. The highest BCUT2D eigenvalue weighted by molar-refractivity contribution is 7.98. The van der Waals surface area contributed by atoms with Crippen LogP contribution < -0.4 is 19.1 Å². The Balaban J connectivity index is 2.09. The van der Waals surface area contributed by atoms with Crippen molar-refractivity contribution in [1.82, 2.24) is 10.2 Å². The van der Waals surface area contributed by atoms with Crippen LogP contribution in [0.25, 0.3) is 0 Å². The van der Waals surface area contributed by atoms with Gasteiger partial charge in [0.05, 0.1) is 24.3 Å². The van der Waals surface area contributed by atoms with Crippen molar-refractivity contribution in [2.75, 3.05) is 37.9 Å². The fraction of sp³-hybridized carbons (Fsp3) is 0.310. The van der Waals surface area contributed by atoms with Crippen LogP contribution >= 0.6 is 11.8 Å². The number of methoxy groups -OCH3 is 1. The Labute approximate surface area is 240 Å². The molecule has 9 nitrogen and oxygen atoms in total. The summed E-state index contributed by atoms with van der Waals surface area (Å²) in [5.41, 5.74) is 0.945. The zero-order chi connectivity index (χ0) is 29.3. The predicted octanol–water partition coefficient (Wildman–Crippen LogP) is 4.17. The first-order valence-corrected chi connectivity index (χ1v) is 15.3. The zero-order valence-electron chi connectivity index (χ0n) is 23.3. The number of hydrogen-bond acceptors (Lipinski definition) is 7. The molecule has 0 aliphatic heterocycles. The molecule has 11 heteroatoms. The van der Waals surface area contributed by atoms with Gasteiger partial charge in [-0.25, -0.2) is 8.42 Å². The molecule has 2 amide bonds. The second kappa shape index (κ2) is 14.1. The summed E-state index contributed by atoms with van der Waals surface area (Å²) in [6.45, 7) is 3.21. The van der Waals surface area contributed by atoms with E-state index >= 15 is 0 Å². The van der Waals surface area contributed by atoms with Crippen LogP contribution in [0.1, 0.15) is 19.4 Å². The van der Waals surface area contributed by atoms with Gasteiger partial charge in [0.25, 0.3) is 10.0 Å². The van der Waals surface area contributed by atoms with Crippen molar-refractivity contribution in [1.29, 1.82) is 0 Å². The van der Waals surface area contributed by atoms with Gasteiger partial charge >= 0.3 is 0 Å². The maximum absolute atomic E-state index is 14.0. The van der Waals surface area contributed by atoms with Gasteiger partial charge in [-0.1, -0.05) is 24.3 Å². The topological polar surface area (TPSA) is 105 Å². The normalized spacial score (nSPS) is 11.8. The van der Waals surface area contributed by atoms with E-state index in [0.29, 0.717) is 18.1 Å². The van der Waals surface area contributed by atoms with Crippen molar-refractivity contribution < 1.29 is 27.5 Å². The van der Waals surface area contributed by atoms with E-state index in [4.69, 9.17) is 9.47 Å². The molecule has 0 heterocycles. The number of para-hydroxylation sites is 2. The molecule has 0 aromatic heterocycles. The van der Waals surface area contributed by atoms with E-state index in [-0.39, 0.29) is 23.0 Å². The van der Waals surface area contributed by atoms with Crippen molar-refractivity contribution in [2.45, 2.75) is 36.2 Å². The lowest BCUT2D eigenvalue weighted by Gasteiger charge is -2.32. The number of anilines is 1. The molecule has 0 aliphatic rings. The van der Waals surface area contributed by atoms with Crippen molar-refractivity contribution in [2.24, 2.45) is 0 Å². The molecule has 1 N–H and O–H groups in total. The largest absolute Gasteiger partial charge is 0.497 e. The van der Waals surface area contributed by atoms with E-state index in [1.807, 2.05) is 12.3 Å². The number of carbonyl (C=O) groups excluding carboxylic acids is 2. The van der Waals surface area contributed by atoms with Gasteiger partial charge in [-0.3, -0.25) is 13.9 Å². The summed E-state index contributed by atoms with van der Waals surface area (Å²) < 4.78 is 40.2. The molecule has 1 atom stereocenters. The number of benzene rings is 3. The number of thioether (sulfide) groups is 1. The number of likely N-dealkylation sites (N-methyl/N-ethyl adjacent to an activating group) is 1. The summed E-state index contributed by atoms with van der Waals surface area (Å²) in [6.07, 6.45) is 1.90. The van der Waals surface area contributed by atoms with E-state index < -0.39 is 28.5 Å². The van der Waals surface area contributed by atoms with E-state index in [1.165, 1.54) is 35.8 Å². The van der Waals surface area contributed by atoms with Gasteiger partial charge in [0.2, 0.25) is 11.8 Å². The van der Waals surface area contributed by atoms with Crippen molar-refractivity contribution >= 4 is 39.3 Å². The van der Waals surface area contributed by atoms with E-state index in [2.05, 4.69) is 5.32 Å². The quantitative estimate of drug-likeness (QED) is 0.300. The van der Waals surface area contributed by atoms with E-state index in [9.17, 15) is 18.0 Å². The highest BCUT2D eigenvalue weighted by Crippen LogP contribution is 2.33. The number of carbonyl (C=O) groups is 2. The van der Waals surface area contributed by atoms with Gasteiger partial charge in [0, 0.05) is 18.5 Å². The van der Waals surface area contributed by atoms with Gasteiger partial charge in [0.1, 0.15) is 24.1 Å². The third-order valence-electron chi connectivity index (χ3n) is 6.26. The molecule has 0 spiro atoms. The molecule has 0 unspecified atom stereocenters. The fourth-order valence-electron chi connectivity index (χ4n) is 4.09. The number of ether oxygens (including phenoxy) is 2. The molecule has 214 valence electrons. The van der Waals surface area contributed by atoms with Crippen molar-refractivity contribution in [3.8, 4) is 11.5 Å². The zero-order valence-corrected chi connectivity index (χ0v) is 24.9. The molecule has 0 saturated heterocycles. The lowest BCUT2D eigenvalue weighted by atomic mass is 10.1. The second-order valence-corrected chi connectivity index (χ2v) is 11.5. The molecule has 0 aliphatic carbocycles. The summed E-state index contributed by atoms with van der Waals surface area (Å²) in [4.78, 5) is 28.9. The SMILES string of the molecule is CCOc1ccccc1N(CC(=O)N(Cc1cccc(OC)c1)[C@@H](C)C(=O)NC)S(=O)(=O)c1ccc(SC)cc1. The minimum atomic E-state index is -4.21. The number of nitrogens with one attached hydrogen (secondary N) is 1. The molecule has 0 saturated carbocycles. The molecule has 0 radical (unpaired) electrons. The van der Waals surface area contributed by atoms with Crippen LogP contribution in [0.15, 0.2) is 82.6 Å². The Morgan fingerprint density at radius 1 is 1.02 bits per heavy atom. The fourth-order valence-corrected chi connectivity index (χ4v) is 5.92. The molecular weight excluding hydrogens is 550 g/mol. The second-order valence-electron chi connectivity index (χ2n) is 8.75. The van der Waals surface area contributed by atoms with E-state index in [0.717, 1.165) is 14.8 Å². The highest BCUT2D eigenvalue weighted by Gasteiger charge is 2.33. The minimum absolute atomic E-state index is 0.0306. The number of nitrogens with zero attached hydrogens (tertiary/aromatic N) is 2. The Morgan fingerprint density at radius 2 is 1.73 bits per heavy atom. The lowest BCUT2D eigenvalue weighted by Crippen LogP contribution is -2.50. The van der Waals surface area contributed by atoms with Gasteiger partial charge in [-0.15, -0.1) is 11.8 Å². The maximum atomic E-state index is 14.0. The Morgan fingerprint density at radius 3 is 2.35 bits per heavy atom. The van der Waals surface area contributed by atoms with Gasteiger partial charge in [0.15, 0.2) is 0 Å². The lowest BCUT2D eigenvalue weighted by molar-refractivity contribution is -0.139. The Kier molecular flexibility index (Phi) is 10.9. The number of hydrogen-bond donors (Lipinski definition) is 1. The van der Waals surface area contributed by atoms with Crippen LogP contribution in [0.2, 0.25) is 0 Å². The molecule has 40 heavy (non-hydrogen) atoms. The summed E-state index contributed by atoms with van der Waals surface area (Å²) in [5.74, 6) is -0.0237. The van der Waals surface area contributed by atoms with Crippen LogP contribution in [-0.2, 0) is 26.2 Å². The molecule has 3 rings (SSSR count). The molecule has 3 aromatic carbocycles. The summed E-state index contributed by atoms with van der Waals surface area (Å²) in [6, 6.07) is 19.4. The smallest absolute Gasteiger partial charge is 0.264 e. The molecular formula is C29H35N3O6S2. The third kappa shape index (κ3) is 7.28. The van der Waals surface area contributed by atoms with Gasteiger partial charge in [-0.2, -0.15) is 0 Å². The maximum Gasteiger partial charge on any atom is 0.264 e. The van der Waals surface area contributed by atoms with Crippen LogP contribution in [0.3, 0.4) is 0 Å². The first-order valence-electron chi connectivity index (χ1n) is 12.7. The predicted molar refractivity (Wildman–Crippen MR) is 157 cm³/mol. The third-order valence-corrected chi connectivity index (χ3v) is 8.78. The Bertz CT molecular complexity index is 1410. The van der Waals surface area contributed by atoms with Crippen molar-refractivity contribution in [3.05, 3.63) is 78.4 Å². The number of amides is 2. The Hall–Kier alpha value is -3.70. The van der Waals surface area contributed by atoms with Gasteiger partial charge in [-0.05, 0) is 74.2 Å². The van der Waals surface area contributed by atoms with Crippen LogP contribution in [0.5, 0.6) is 11.5 Å². The minimum Gasteiger partial charge on any atom is -0.497 e. The van der Waals surface area contributed by atoms with Crippen LogP contribution in [0, 0.1) is 0 Å². The average molecular weight is 586 g/mol. The summed E-state index contributed by atoms with van der Waals surface area (Å²) in [5, 5.41) is 2.57. The summed E-state index contributed by atoms with van der Waals surface area (Å²) >= 11 is 1.49. The number of sulfonamides is 1. The van der Waals surface area contributed by atoms with Gasteiger partial charge < -0.3 is 19.7 Å². The summed E-state index contributed by atoms with van der Waals surface area (Å²) in [7, 11) is -1.18. The van der Waals surface area contributed by atoms with Crippen LogP contribution in [0.4, 0.5) is 5.69 Å². The monoisotopic (exact) mass is 585 g/mol. The van der Waals surface area contributed by atoms with Crippen molar-refractivity contribution in [3.63, 3.8) is 0 Å². The van der Waals surface area contributed by atoms with E-state index in [1.54, 1.807) is 75.6 Å².